The molecule has 0 radical (unpaired) electrons. The zero-order chi connectivity index (χ0) is 10.0. The summed E-state index contributed by atoms with van der Waals surface area (Å²) in [5.41, 5.74) is 5.57. The van der Waals surface area contributed by atoms with Gasteiger partial charge in [-0.15, -0.1) is 0 Å². The Hall–Kier alpha value is -1.00. The molecule has 1 aromatic rings. The van der Waals surface area contributed by atoms with Crippen molar-refractivity contribution in [2.24, 2.45) is 0 Å². The Kier molecular flexibility index (Phi) is 2.95. The predicted molar refractivity (Wildman–Crippen MR) is 50.0 cm³/mol. The van der Waals surface area contributed by atoms with Gasteiger partial charge in [0.25, 0.3) is 0 Å². The fraction of sp³-hybridized carbons (Fsp3) is 0.143. The van der Waals surface area contributed by atoms with Crippen LogP contribution in [-0.4, -0.2) is 18.1 Å². The minimum atomic E-state index is -0.667. The highest BCUT2D eigenvalue weighted by Crippen LogP contribution is 2.25. The molecule has 1 aromatic heterocycles. The summed E-state index contributed by atoms with van der Waals surface area (Å²) in [6.45, 7) is 0. The van der Waals surface area contributed by atoms with E-state index in [0.717, 1.165) is 0 Å². The van der Waals surface area contributed by atoms with E-state index in [9.17, 15) is 4.79 Å². The molecule has 0 saturated carbocycles. The summed E-state index contributed by atoms with van der Waals surface area (Å²) in [6, 6.07) is 1.36. The van der Waals surface area contributed by atoms with Gasteiger partial charge in [-0.25, -0.2) is 9.78 Å². The van der Waals surface area contributed by atoms with Crippen LogP contribution in [0.5, 0.6) is 0 Å². The molecule has 6 heteroatoms. The molecule has 1 heterocycles. The molecule has 13 heavy (non-hydrogen) atoms. The lowest BCUT2D eigenvalue weighted by atomic mass is 10.5. The van der Waals surface area contributed by atoms with Crippen molar-refractivity contribution in [1.82, 2.24) is 4.98 Å². The number of methoxy groups -OCH3 is 1. The van der Waals surface area contributed by atoms with Crippen molar-refractivity contribution in [3.8, 4) is 0 Å². The average Bonchev–Trinajstić information content (AvgIpc) is 2.10. The first-order valence-electron chi connectivity index (χ1n) is 3.26. The van der Waals surface area contributed by atoms with Crippen LogP contribution in [0.3, 0.4) is 0 Å². The smallest absolute Gasteiger partial charge is 0.358 e. The molecule has 0 atom stereocenters. The summed E-state index contributed by atoms with van der Waals surface area (Å²) in [6.07, 6.45) is 0. The third-order valence-corrected chi connectivity index (χ3v) is 1.92. The number of carbonyl (C=O) groups excluding carboxylic acids is 1. The normalized spacial score (nSPS) is 9.77. The Morgan fingerprint density at radius 3 is 2.77 bits per heavy atom. The number of nitrogens with zero attached hydrogens (tertiary/aromatic N) is 1. The second kappa shape index (κ2) is 3.81. The number of halogens is 2. The number of aromatic nitrogens is 1. The minimum absolute atomic E-state index is 0.0521. The SMILES string of the molecule is COC(=O)[13c]1[15n][13c](Cl)cc(N)c1Cl. The molecule has 0 aliphatic rings. The number of ether oxygens (including phenoxy) is 1. The van der Waals surface area contributed by atoms with E-state index >= 15 is 0 Å². The number of nitrogens with two attached hydrogens (primary N) is 1. The molecule has 0 aromatic carbocycles. The van der Waals surface area contributed by atoms with Gasteiger partial charge < -0.3 is 10.5 Å². The standard InChI is InChI=1S/C7H6Cl2N2O2/c1-13-7(12)6-5(9)3(10)2-4(8)11-6/h2H,1H3,(H2,10,11)/i4+1,6+1,11+1. The molecule has 0 bridgehead atoms. The van der Waals surface area contributed by atoms with Crippen molar-refractivity contribution in [1.29, 1.82) is 0 Å². The number of nitrogen functional groups attached to an aromatic ring is 1. The second-order valence-electron chi connectivity index (χ2n) is 2.19. The van der Waals surface area contributed by atoms with Crippen molar-refractivity contribution >= 4 is 34.9 Å². The highest BCUT2D eigenvalue weighted by atomic mass is 35.5. The summed E-state index contributed by atoms with van der Waals surface area (Å²) >= 11 is 11.3. The third-order valence-electron chi connectivity index (χ3n) is 1.33. The number of hydrogen-bond donors (Lipinski definition) is 1. The van der Waals surface area contributed by atoms with Gasteiger partial charge in [0.15, 0.2) is 5.69 Å². The van der Waals surface area contributed by atoms with Gasteiger partial charge in [0.2, 0.25) is 0 Å². The van der Waals surface area contributed by atoms with Crippen molar-refractivity contribution in [2.75, 3.05) is 12.8 Å². The van der Waals surface area contributed by atoms with Crippen LogP contribution in [0.2, 0.25) is 10.2 Å². The quantitative estimate of drug-likeness (QED) is 0.582. The summed E-state index contributed by atoms with van der Waals surface area (Å²) < 4.78 is 4.43. The molecule has 0 amide bonds. The van der Waals surface area contributed by atoms with E-state index < -0.39 is 5.97 Å². The number of hydrogen-bond acceptors (Lipinski definition) is 4. The van der Waals surface area contributed by atoms with Crippen molar-refractivity contribution in [2.45, 2.75) is 0 Å². The van der Waals surface area contributed by atoms with Gasteiger partial charge in [0.05, 0.1) is 17.8 Å². The van der Waals surface area contributed by atoms with E-state index in [1.54, 1.807) is 0 Å². The lowest BCUT2D eigenvalue weighted by Crippen LogP contribution is -2.07. The number of carbonyl (C=O) groups is 1. The number of esters is 1. The maximum absolute atomic E-state index is 11.1. The Morgan fingerprint density at radius 2 is 2.23 bits per heavy atom. The summed E-state index contributed by atoms with van der Waals surface area (Å²) in [4.78, 5) is 14.7. The predicted octanol–water partition coefficient (Wildman–Crippen LogP) is 1.76. The zero-order valence-electron chi connectivity index (χ0n) is 6.67. The van der Waals surface area contributed by atoms with Crippen LogP contribution < -0.4 is 5.73 Å². The number of anilines is 1. The molecule has 0 saturated heterocycles. The molecule has 2 N–H and O–H groups in total. The first kappa shape index (κ1) is 10.1. The third kappa shape index (κ3) is 2.02. The second-order valence-corrected chi connectivity index (χ2v) is 2.95. The van der Waals surface area contributed by atoms with Gasteiger partial charge in [0, 0.05) is 0 Å². The highest BCUT2D eigenvalue weighted by molar-refractivity contribution is 6.37. The summed E-state index contributed by atoms with van der Waals surface area (Å²) in [5.74, 6) is -0.667. The van der Waals surface area contributed by atoms with Crippen molar-refractivity contribution in [3.05, 3.63) is 21.9 Å². The first-order chi connectivity index (χ1) is 6.06. The molecular weight excluding hydrogens is 218 g/mol. The van der Waals surface area contributed by atoms with Gasteiger partial charge in [-0.1, -0.05) is 23.2 Å². The van der Waals surface area contributed by atoms with Crippen LogP contribution in [0.25, 0.3) is 0 Å². The first-order valence-corrected chi connectivity index (χ1v) is 4.01. The molecule has 4 nitrogen and oxygen atoms in total. The van der Waals surface area contributed by atoms with Crippen molar-refractivity contribution < 1.29 is 9.53 Å². The van der Waals surface area contributed by atoms with Crippen LogP contribution >= 0.6 is 23.2 Å². The molecule has 0 unspecified atom stereocenters. The molecule has 0 aliphatic carbocycles. The lowest BCUT2D eigenvalue weighted by Gasteiger charge is -2.03. The molecule has 0 spiro atoms. The maximum atomic E-state index is 11.1. The molecular formula is C7H6Cl2N2O2. The topological polar surface area (TPSA) is 65.2 Å². The Labute approximate surface area is 84.6 Å². The highest BCUT2D eigenvalue weighted by Gasteiger charge is 2.15. The molecule has 0 aliphatic heterocycles. The van der Waals surface area contributed by atoms with Crippen LogP contribution in [-0.2, 0) is 4.74 Å². The Morgan fingerprint density at radius 1 is 1.62 bits per heavy atom. The van der Waals surface area contributed by atoms with Gasteiger partial charge >= 0.3 is 5.97 Å². The largest absolute Gasteiger partial charge is 0.464 e. The van der Waals surface area contributed by atoms with E-state index in [4.69, 9.17) is 28.9 Å². The van der Waals surface area contributed by atoms with Crippen LogP contribution in [0.4, 0.5) is 5.69 Å². The van der Waals surface area contributed by atoms with Crippen LogP contribution in [0.15, 0.2) is 6.07 Å². The van der Waals surface area contributed by atoms with Crippen molar-refractivity contribution in [3.63, 3.8) is 0 Å². The van der Waals surface area contributed by atoms with E-state index in [1.807, 2.05) is 0 Å². The molecule has 70 valence electrons. The zero-order valence-corrected chi connectivity index (χ0v) is 8.19. The number of pyridine rings is 1. The van der Waals surface area contributed by atoms with E-state index in [2.05, 4.69) is 9.72 Å². The fourth-order valence-corrected chi connectivity index (χ4v) is 1.12. The minimum Gasteiger partial charge on any atom is -0.464 e. The van der Waals surface area contributed by atoms with E-state index in [0.29, 0.717) is 0 Å². The number of rotatable bonds is 1. The van der Waals surface area contributed by atoms with Gasteiger partial charge in [-0.2, -0.15) is 0 Å². The van der Waals surface area contributed by atoms with E-state index in [1.165, 1.54) is 13.2 Å². The Balaban J connectivity index is 3.28. The summed E-state index contributed by atoms with van der Waals surface area (Å²) in [7, 11) is 1.22. The van der Waals surface area contributed by atoms with Gasteiger partial charge in [0.1, 0.15) is 5.15 Å². The van der Waals surface area contributed by atoms with Gasteiger partial charge in [-0.3, -0.25) is 0 Å². The lowest BCUT2D eigenvalue weighted by molar-refractivity contribution is 0.0594. The molecule has 1 rings (SSSR count). The average molecular weight is 224 g/mol. The van der Waals surface area contributed by atoms with E-state index in [-0.39, 0.29) is 21.6 Å². The monoisotopic (exact) mass is 223 g/mol. The van der Waals surface area contributed by atoms with Gasteiger partial charge in [-0.05, 0) is 6.07 Å². The molecule has 0 fully saturated rings. The maximum Gasteiger partial charge on any atom is 0.358 e. The fourth-order valence-electron chi connectivity index (χ4n) is 0.748. The summed E-state index contributed by atoms with van der Waals surface area (Å²) in [5, 5.41) is 0.151. The van der Waals surface area contributed by atoms with Crippen LogP contribution in [0.1, 0.15) is 10.5 Å². The van der Waals surface area contributed by atoms with Crippen LogP contribution in [0, 0.1) is 0 Å². The Bertz CT molecular complexity index is 355.